The van der Waals surface area contributed by atoms with Crippen LogP contribution in [0, 0.1) is 0 Å². The smallest absolute Gasteiger partial charge is 0.256 e. The molecule has 1 aromatic carbocycles. The number of anilines is 1. The molecule has 0 aliphatic carbocycles. The summed E-state index contributed by atoms with van der Waals surface area (Å²) >= 11 is 1.48. The largest absolute Gasteiger partial charge is 0.384 e. The predicted molar refractivity (Wildman–Crippen MR) is 87.3 cm³/mol. The third kappa shape index (κ3) is 5.08. The van der Waals surface area contributed by atoms with Crippen molar-refractivity contribution in [3.05, 3.63) is 52.2 Å². The van der Waals surface area contributed by atoms with Crippen LogP contribution in [0.15, 0.2) is 41.1 Å². The van der Waals surface area contributed by atoms with Crippen LogP contribution in [0.2, 0.25) is 0 Å². The summed E-state index contributed by atoms with van der Waals surface area (Å²) in [5.74, 6) is 0.849. The Labute approximate surface area is 130 Å². The first kappa shape index (κ1) is 15.9. The van der Waals surface area contributed by atoms with Gasteiger partial charge in [-0.2, -0.15) is 11.3 Å². The Morgan fingerprint density at radius 1 is 1.38 bits per heavy atom. The lowest BCUT2D eigenvalue weighted by Crippen LogP contribution is -2.11. The number of benzene rings is 1. The molecule has 1 atom stereocenters. The van der Waals surface area contributed by atoms with Crippen LogP contribution in [-0.4, -0.2) is 29.6 Å². The Bertz CT molecular complexity index is 611. The zero-order valence-electron chi connectivity index (χ0n) is 11.7. The van der Waals surface area contributed by atoms with Crippen LogP contribution in [0.3, 0.4) is 0 Å². The lowest BCUT2D eigenvalue weighted by Gasteiger charge is -2.07. The number of amides is 1. The second kappa shape index (κ2) is 8.07. The van der Waals surface area contributed by atoms with Crippen LogP contribution >= 0.6 is 11.3 Å². The maximum atomic E-state index is 12.0. The molecule has 0 bridgehead atoms. The van der Waals surface area contributed by atoms with Gasteiger partial charge in [0.05, 0.1) is 12.2 Å². The lowest BCUT2D eigenvalue weighted by atomic mass is 10.2. The molecule has 0 saturated carbocycles. The van der Waals surface area contributed by atoms with Gasteiger partial charge in [0.25, 0.3) is 5.91 Å². The molecule has 112 valence electrons. The van der Waals surface area contributed by atoms with Crippen LogP contribution < -0.4 is 5.32 Å². The zero-order chi connectivity index (χ0) is 15.1. The van der Waals surface area contributed by atoms with Crippen molar-refractivity contribution in [2.75, 3.05) is 24.8 Å². The summed E-state index contributed by atoms with van der Waals surface area (Å²) in [6.45, 7) is 0.487. The summed E-state index contributed by atoms with van der Waals surface area (Å²) in [6, 6.07) is 9.22. The summed E-state index contributed by atoms with van der Waals surface area (Å²) < 4.78 is 16.8. The molecular formula is C15H17NO3S2. The number of rotatable bonds is 7. The van der Waals surface area contributed by atoms with E-state index in [1.165, 1.54) is 11.3 Å². The first-order valence-corrected chi connectivity index (χ1v) is 8.88. The Balaban J connectivity index is 1.97. The van der Waals surface area contributed by atoms with E-state index in [2.05, 4.69) is 5.32 Å². The number of carbonyl (C=O) groups is 1. The fourth-order valence-electron chi connectivity index (χ4n) is 1.77. The molecule has 1 aromatic heterocycles. The van der Waals surface area contributed by atoms with Crippen molar-refractivity contribution in [3.8, 4) is 0 Å². The summed E-state index contributed by atoms with van der Waals surface area (Å²) in [6.07, 6.45) is 0. The van der Waals surface area contributed by atoms with Gasteiger partial charge in [0.2, 0.25) is 0 Å². The minimum atomic E-state index is -0.957. The van der Waals surface area contributed by atoms with Crippen molar-refractivity contribution in [1.82, 2.24) is 0 Å². The topological polar surface area (TPSA) is 55.4 Å². The van der Waals surface area contributed by atoms with E-state index >= 15 is 0 Å². The molecule has 4 nitrogen and oxygen atoms in total. The minimum absolute atomic E-state index is 0.131. The lowest BCUT2D eigenvalue weighted by molar-refractivity contribution is 0.102. The molecule has 0 saturated heterocycles. The molecule has 0 spiro atoms. The summed E-state index contributed by atoms with van der Waals surface area (Å²) in [5, 5.41) is 6.52. The van der Waals surface area contributed by atoms with Gasteiger partial charge < -0.3 is 10.1 Å². The van der Waals surface area contributed by atoms with E-state index < -0.39 is 10.8 Å². The van der Waals surface area contributed by atoms with Crippen LogP contribution in [0.25, 0.3) is 0 Å². The Kier molecular flexibility index (Phi) is 6.10. The molecule has 6 heteroatoms. The first-order chi connectivity index (χ1) is 10.2. The molecule has 1 heterocycles. The van der Waals surface area contributed by atoms with Crippen LogP contribution in [-0.2, 0) is 21.3 Å². The van der Waals surface area contributed by atoms with E-state index in [4.69, 9.17) is 4.74 Å². The van der Waals surface area contributed by atoms with E-state index in [-0.39, 0.29) is 5.91 Å². The molecule has 0 radical (unpaired) electrons. The van der Waals surface area contributed by atoms with E-state index in [0.717, 1.165) is 5.56 Å². The van der Waals surface area contributed by atoms with Gasteiger partial charge in [-0.1, -0.05) is 12.1 Å². The monoisotopic (exact) mass is 323 g/mol. The quantitative estimate of drug-likeness (QED) is 0.852. The van der Waals surface area contributed by atoms with Gasteiger partial charge in [0, 0.05) is 40.5 Å². The third-order valence-electron chi connectivity index (χ3n) is 2.81. The average Bonchev–Trinajstić information content (AvgIpc) is 3.00. The third-order valence-corrected chi connectivity index (χ3v) is 4.77. The molecule has 2 rings (SSSR count). The molecule has 1 amide bonds. The van der Waals surface area contributed by atoms with Gasteiger partial charge in [-0.15, -0.1) is 0 Å². The highest BCUT2D eigenvalue weighted by atomic mass is 32.2. The summed E-state index contributed by atoms with van der Waals surface area (Å²) in [7, 11) is 0.638. The van der Waals surface area contributed by atoms with Crippen LogP contribution in [0.1, 0.15) is 15.9 Å². The Hall–Kier alpha value is -1.50. The molecule has 0 fully saturated rings. The Morgan fingerprint density at radius 2 is 2.24 bits per heavy atom. The highest BCUT2D eigenvalue weighted by Gasteiger charge is 2.07. The number of hydrogen-bond donors (Lipinski definition) is 1. The highest BCUT2D eigenvalue weighted by molar-refractivity contribution is 7.84. The highest BCUT2D eigenvalue weighted by Crippen LogP contribution is 2.15. The number of thiophene rings is 1. The van der Waals surface area contributed by atoms with Gasteiger partial charge in [0.1, 0.15) is 0 Å². The second-order valence-corrected chi connectivity index (χ2v) is 6.80. The van der Waals surface area contributed by atoms with Crippen molar-refractivity contribution < 1.29 is 13.7 Å². The van der Waals surface area contributed by atoms with Gasteiger partial charge >= 0.3 is 0 Å². The zero-order valence-corrected chi connectivity index (χ0v) is 13.3. The molecule has 1 N–H and O–H groups in total. The fraction of sp³-hybridized carbons (Fsp3) is 0.267. The maximum absolute atomic E-state index is 12.0. The molecule has 1 unspecified atom stereocenters. The number of carbonyl (C=O) groups excluding carboxylic acids is 1. The van der Waals surface area contributed by atoms with Crippen molar-refractivity contribution in [3.63, 3.8) is 0 Å². The van der Waals surface area contributed by atoms with Gasteiger partial charge in [-0.05, 0) is 29.1 Å². The maximum Gasteiger partial charge on any atom is 0.256 e. The fourth-order valence-corrected chi connectivity index (χ4v) is 3.45. The van der Waals surface area contributed by atoms with Crippen molar-refractivity contribution in [2.45, 2.75) is 5.75 Å². The van der Waals surface area contributed by atoms with Gasteiger partial charge in [0.15, 0.2) is 0 Å². The van der Waals surface area contributed by atoms with Crippen molar-refractivity contribution >= 4 is 33.7 Å². The van der Waals surface area contributed by atoms with Crippen LogP contribution in [0.5, 0.6) is 0 Å². The summed E-state index contributed by atoms with van der Waals surface area (Å²) in [5.41, 5.74) is 2.30. The number of ether oxygens (including phenoxy) is 1. The molecule has 0 aliphatic rings. The Morgan fingerprint density at radius 3 is 2.95 bits per heavy atom. The number of nitrogens with one attached hydrogen (secondary N) is 1. The SMILES string of the molecule is COCCS(=O)Cc1cccc(NC(=O)c2ccsc2)c1. The van der Waals surface area contributed by atoms with E-state index in [0.29, 0.717) is 29.4 Å². The number of hydrogen-bond acceptors (Lipinski definition) is 4. The summed E-state index contributed by atoms with van der Waals surface area (Å²) in [4.78, 5) is 12.0. The molecule has 0 aliphatic heterocycles. The van der Waals surface area contributed by atoms with Crippen molar-refractivity contribution in [1.29, 1.82) is 0 Å². The molecular weight excluding hydrogens is 306 g/mol. The van der Waals surface area contributed by atoms with Gasteiger partial charge in [-0.3, -0.25) is 9.00 Å². The van der Waals surface area contributed by atoms with Gasteiger partial charge in [-0.25, -0.2) is 0 Å². The van der Waals surface area contributed by atoms with Crippen LogP contribution in [0.4, 0.5) is 5.69 Å². The van der Waals surface area contributed by atoms with E-state index in [1.54, 1.807) is 18.6 Å². The second-order valence-electron chi connectivity index (χ2n) is 4.45. The van der Waals surface area contributed by atoms with Crippen molar-refractivity contribution in [2.24, 2.45) is 0 Å². The number of methoxy groups -OCH3 is 1. The van der Waals surface area contributed by atoms with E-state index in [9.17, 15) is 9.00 Å². The van der Waals surface area contributed by atoms with E-state index in [1.807, 2.05) is 29.6 Å². The molecule has 21 heavy (non-hydrogen) atoms. The standard InChI is InChI=1S/C15H17NO3S2/c1-19-6-8-21(18)11-12-3-2-4-14(9-12)16-15(17)13-5-7-20-10-13/h2-5,7,9-10H,6,8,11H2,1H3,(H,16,17). The molecule has 2 aromatic rings. The first-order valence-electron chi connectivity index (χ1n) is 6.45. The minimum Gasteiger partial charge on any atom is -0.384 e. The predicted octanol–water partition coefficient (Wildman–Crippen LogP) is 2.90. The normalized spacial score (nSPS) is 12.0. The average molecular weight is 323 g/mol.